The van der Waals surface area contributed by atoms with E-state index >= 15 is 0 Å². The van der Waals surface area contributed by atoms with Crippen LogP contribution in [0.1, 0.15) is 16.0 Å². The molecule has 0 spiro atoms. The van der Waals surface area contributed by atoms with Gasteiger partial charge in [-0.1, -0.05) is 18.2 Å². The molecule has 0 N–H and O–H groups in total. The average Bonchev–Trinajstić information content (AvgIpc) is 2.80. The Morgan fingerprint density at radius 1 is 1.20 bits per heavy atom. The van der Waals surface area contributed by atoms with Crippen molar-refractivity contribution >= 4 is 38.6 Å². The fraction of sp³-hybridized carbons (Fsp3) is 0.286. The van der Waals surface area contributed by atoms with Gasteiger partial charge in [0.1, 0.15) is 4.21 Å². The lowest BCUT2D eigenvalue weighted by molar-refractivity contribution is 0.596. The van der Waals surface area contributed by atoms with E-state index in [9.17, 15) is 8.42 Å². The van der Waals surface area contributed by atoms with Crippen LogP contribution >= 0.6 is 22.9 Å². The molecule has 0 fully saturated rings. The normalized spacial score (nSPS) is 11.6. The molecule has 1 heterocycles. The van der Waals surface area contributed by atoms with Gasteiger partial charge in [0.05, 0.1) is 11.6 Å². The quantitative estimate of drug-likeness (QED) is 0.797. The van der Waals surface area contributed by atoms with Gasteiger partial charge in [-0.3, -0.25) is 4.31 Å². The first-order chi connectivity index (χ1) is 9.37. The number of sulfonamides is 1. The largest absolute Gasteiger partial charge is 0.273 e. The smallest absolute Gasteiger partial charge is 0.268 e. The molecule has 0 saturated carbocycles. The molecular weight excluding hydrogens is 314 g/mol. The standard InChI is InChI=1S/C14H16ClNO2S2/c1-10-6-4-5-7-12(10)16(3)20(17,18)14-8-11(2)13(9-15)19-14/h4-8H,9H2,1-3H3. The van der Waals surface area contributed by atoms with E-state index in [0.717, 1.165) is 16.0 Å². The van der Waals surface area contributed by atoms with Gasteiger partial charge in [-0.05, 0) is 37.1 Å². The summed E-state index contributed by atoms with van der Waals surface area (Å²) in [4.78, 5) is 0.892. The first kappa shape index (κ1) is 15.4. The Bertz CT molecular complexity index is 723. The second kappa shape index (κ2) is 5.76. The second-order valence-electron chi connectivity index (χ2n) is 4.56. The van der Waals surface area contributed by atoms with Crippen molar-refractivity contribution in [3.8, 4) is 0 Å². The summed E-state index contributed by atoms with van der Waals surface area (Å²) in [5, 5.41) is 0. The lowest BCUT2D eigenvalue weighted by Crippen LogP contribution is -2.26. The highest BCUT2D eigenvalue weighted by molar-refractivity contribution is 7.94. The van der Waals surface area contributed by atoms with Crippen molar-refractivity contribution in [1.82, 2.24) is 0 Å². The minimum Gasteiger partial charge on any atom is -0.268 e. The molecule has 0 aliphatic heterocycles. The molecule has 0 unspecified atom stereocenters. The van der Waals surface area contributed by atoms with Crippen LogP contribution in [0, 0.1) is 13.8 Å². The third kappa shape index (κ3) is 2.71. The summed E-state index contributed by atoms with van der Waals surface area (Å²) in [5.41, 5.74) is 2.53. The zero-order valence-electron chi connectivity index (χ0n) is 11.6. The molecule has 3 nitrogen and oxygen atoms in total. The Morgan fingerprint density at radius 3 is 2.40 bits per heavy atom. The lowest BCUT2D eigenvalue weighted by atomic mass is 10.2. The van der Waals surface area contributed by atoms with Crippen LogP contribution in [-0.4, -0.2) is 15.5 Å². The Balaban J connectivity index is 2.47. The molecule has 0 atom stereocenters. The van der Waals surface area contributed by atoms with Gasteiger partial charge < -0.3 is 0 Å². The molecule has 0 amide bonds. The van der Waals surface area contributed by atoms with E-state index in [0.29, 0.717) is 15.8 Å². The van der Waals surface area contributed by atoms with Crippen molar-refractivity contribution in [1.29, 1.82) is 0 Å². The molecule has 0 radical (unpaired) electrons. The molecule has 0 saturated heterocycles. The third-order valence-corrected chi connectivity index (χ3v) is 7.07. The van der Waals surface area contributed by atoms with Crippen LogP contribution in [0.4, 0.5) is 5.69 Å². The Kier molecular flexibility index (Phi) is 4.42. The topological polar surface area (TPSA) is 37.4 Å². The van der Waals surface area contributed by atoms with Crippen LogP contribution in [0.25, 0.3) is 0 Å². The Hall–Kier alpha value is -1.04. The predicted octanol–water partition coefficient (Wildman–Crippen LogP) is 3.93. The van der Waals surface area contributed by atoms with E-state index in [1.165, 1.54) is 15.6 Å². The first-order valence-electron chi connectivity index (χ1n) is 6.07. The van der Waals surface area contributed by atoms with Gasteiger partial charge in [0.15, 0.2) is 0 Å². The van der Waals surface area contributed by atoms with Crippen molar-refractivity contribution in [2.45, 2.75) is 23.9 Å². The maximum atomic E-state index is 12.7. The molecule has 2 aromatic rings. The lowest BCUT2D eigenvalue weighted by Gasteiger charge is -2.20. The summed E-state index contributed by atoms with van der Waals surface area (Å²) in [6.45, 7) is 3.77. The van der Waals surface area contributed by atoms with Gasteiger partial charge in [-0.15, -0.1) is 22.9 Å². The van der Waals surface area contributed by atoms with Crippen LogP contribution in [0.3, 0.4) is 0 Å². The van der Waals surface area contributed by atoms with Crippen molar-refractivity contribution in [2.75, 3.05) is 11.4 Å². The number of aryl methyl sites for hydroxylation is 2. The summed E-state index contributed by atoms with van der Waals surface area (Å²) in [6.07, 6.45) is 0. The van der Waals surface area contributed by atoms with E-state index in [-0.39, 0.29) is 0 Å². The van der Waals surface area contributed by atoms with Crippen LogP contribution in [0.15, 0.2) is 34.5 Å². The summed E-state index contributed by atoms with van der Waals surface area (Å²) >= 11 is 7.05. The minimum absolute atomic E-state index is 0.330. The number of nitrogens with zero attached hydrogens (tertiary/aromatic N) is 1. The van der Waals surface area contributed by atoms with E-state index in [4.69, 9.17) is 11.6 Å². The molecule has 6 heteroatoms. The number of hydrogen-bond acceptors (Lipinski definition) is 3. The molecule has 0 bridgehead atoms. The van der Waals surface area contributed by atoms with Gasteiger partial charge >= 0.3 is 0 Å². The molecule has 108 valence electrons. The highest BCUT2D eigenvalue weighted by Crippen LogP contribution is 2.32. The van der Waals surface area contributed by atoms with Crippen LogP contribution in [-0.2, 0) is 15.9 Å². The fourth-order valence-corrected chi connectivity index (χ4v) is 5.17. The van der Waals surface area contributed by atoms with Crippen molar-refractivity contribution in [2.24, 2.45) is 0 Å². The number of benzene rings is 1. The number of rotatable bonds is 4. The SMILES string of the molecule is Cc1ccccc1N(C)S(=O)(=O)c1cc(C)c(CCl)s1. The first-order valence-corrected chi connectivity index (χ1v) is 8.87. The maximum Gasteiger partial charge on any atom is 0.273 e. The predicted molar refractivity (Wildman–Crippen MR) is 85.4 cm³/mol. The maximum absolute atomic E-state index is 12.7. The van der Waals surface area contributed by atoms with Crippen molar-refractivity contribution in [3.05, 3.63) is 46.3 Å². The number of hydrogen-bond donors (Lipinski definition) is 0. The highest BCUT2D eigenvalue weighted by Gasteiger charge is 2.25. The van der Waals surface area contributed by atoms with Crippen LogP contribution in [0.2, 0.25) is 0 Å². The summed E-state index contributed by atoms with van der Waals surface area (Å²) < 4.78 is 27.0. The molecule has 0 aliphatic carbocycles. The van der Waals surface area contributed by atoms with Crippen LogP contribution in [0.5, 0.6) is 0 Å². The van der Waals surface area contributed by atoms with E-state index in [2.05, 4.69) is 0 Å². The molecule has 20 heavy (non-hydrogen) atoms. The van der Waals surface area contributed by atoms with Gasteiger partial charge in [0, 0.05) is 11.9 Å². The molecule has 2 rings (SSSR count). The van der Waals surface area contributed by atoms with Gasteiger partial charge in [0.2, 0.25) is 0 Å². The summed E-state index contributed by atoms with van der Waals surface area (Å²) in [7, 11) is -1.96. The zero-order chi connectivity index (χ0) is 14.9. The summed E-state index contributed by atoms with van der Waals surface area (Å²) in [5.74, 6) is 0.333. The zero-order valence-corrected chi connectivity index (χ0v) is 13.9. The second-order valence-corrected chi connectivity index (χ2v) is 8.16. The minimum atomic E-state index is -3.53. The Labute approximate surface area is 128 Å². The number of alkyl halides is 1. The highest BCUT2D eigenvalue weighted by atomic mass is 35.5. The number of anilines is 1. The monoisotopic (exact) mass is 329 g/mol. The molecular formula is C14H16ClNO2S2. The van der Waals surface area contributed by atoms with Crippen molar-refractivity contribution in [3.63, 3.8) is 0 Å². The summed E-state index contributed by atoms with van der Waals surface area (Å²) in [6, 6.07) is 9.10. The van der Waals surface area contributed by atoms with Crippen molar-refractivity contribution < 1.29 is 8.42 Å². The Morgan fingerprint density at radius 2 is 1.85 bits per heavy atom. The average molecular weight is 330 g/mol. The fourth-order valence-electron chi connectivity index (χ4n) is 1.93. The number of thiophene rings is 1. The number of halogens is 1. The van der Waals surface area contributed by atoms with Gasteiger partial charge in [-0.2, -0.15) is 0 Å². The molecule has 1 aromatic heterocycles. The van der Waals surface area contributed by atoms with E-state index < -0.39 is 10.0 Å². The number of para-hydroxylation sites is 1. The van der Waals surface area contributed by atoms with Gasteiger partial charge in [0.25, 0.3) is 10.0 Å². The van der Waals surface area contributed by atoms with Gasteiger partial charge in [-0.25, -0.2) is 8.42 Å². The molecule has 1 aromatic carbocycles. The van der Waals surface area contributed by atoms with E-state index in [1.807, 2.05) is 32.0 Å². The van der Waals surface area contributed by atoms with E-state index in [1.54, 1.807) is 19.2 Å². The molecule has 0 aliphatic rings. The van der Waals surface area contributed by atoms with Crippen LogP contribution < -0.4 is 4.31 Å². The third-order valence-electron chi connectivity index (χ3n) is 3.19.